The fraction of sp³-hybridized carbons (Fsp3) is 0.652. The number of amides is 1. The number of ether oxygens (including phenoxy) is 2. The number of nitrogens with one attached hydrogen (secondary N) is 1. The maximum atomic E-state index is 12.6. The van der Waals surface area contributed by atoms with Crippen molar-refractivity contribution in [1.29, 1.82) is 0 Å². The maximum absolute atomic E-state index is 12.6. The van der Waals surface area contributed by atoms with Crippen LogP contribution in [-0.2, 0) is 23.9 Å². The molecule has 3 aliphatic heterocycles. The number of fused-ring (bicyclic) bond motifs is 1. The molecule has 0 aromatic carbocycles. The van der Waals surface area contributed by atoms with Gasteiger partial charge in [-0.2, -0.15) is 26.3 Å². The lowest BCUT2D eigenvalue weighted by Crippen LogP contribution is -2.49. The Bertz CT molecular complexity index is 962. The summed E-state index contributed by atoms with van der Waals surface area (Å²) >= 11 is 0. The molecule has 1 aromatic heterocycles. The minimum absolute atomic E-state index is 0.0388. The zero-order chi connectivity index (χ0) is 29.4. The fourth-order valence-electron chi connectivity index (χ4n) is 4.33. The standard InChI is InChI=1S/C19H27N3O3.2C2HF3O2/c1-13-16(3-2-7-20-13)21-19(23)17-11-14-4-8-22(12-18(14)25-17)15-5-9-24-10-6-15;2*3-2(4,5)1(6)7/h2-3,7,14-15,17-18H,4-6,8-12H2,1H3,(H,21,23);2*(H,6,7)/t14-,17+,18-;;/m0../s1. The number of rotatable bonds is 3. The lowest BCUT2D eigenvalue weighted by atomic mass is 9.90. The van der Waals surface area contributed by atoms with Crippen LogP contribution in [0.4, 0.5) is 32.0 Å². The minimum Gasteiger partial charge on any atom is -0.475 e. The highest BCUT2D eigenvalue weighted by atomic mass is 19.4. The molecule has 10 nitrogen and oxygen atoms in total. The van der Waals surface area contributed by atoms with Crippen LogP contribution < -0.4 is 5.32 Å². The van der Waals surface area contributed by atoms with E-state index in [4.69, 9.17) is 29.3 Å². The first-order valence-electron chi connectivity index (χ1n) is 11.9. The fourth-order valence-corrected chi connectivity index (χ4v) is 4.33. The van der Waals surface area contributed by atoms with Crippen molar-refractivity contribution >= 4 is 23.5 Å². The molecule has 4 heterocycles. The summed E-state index contributed by atoms with van der Waals surface area (Å²) in [6.45, 7) is 5.70. The third kappa shape index (κ3) is 10.3. The van der Waals surface area contributed by atoms with Crippen molar-refractivity contribution in [2.24, 2.45) is 5.92 Å². The number of carbonyl (C=O) groups is 3. The molecule has 39 heavy (non-hydrogen) atoms. The average Bonchev–Trinajstić information content (AvgIpc) is 3.29. The smallest absolute Gasteiger partial charge is 0.475 e. The molecule has 0 bridgehead atoms. The first-order valence-corrected chi connectivity index (χ1v) is 11.9. The number of carbonyl (C=O) groups excluding carboxylic acids is 1. The first kappa shape index (κ1) is 32.2. The van der Waals surface area contributed by atoms with Gasteiger partial charge in [-0.25, -0.2) is 9.59 Å². The maximum Gasteiger partial charge on any atom is 0.490 e. The number of anilines is 1. The van der Waals surface area contributed by atoms with E-state index in [-0.39, 0.29) is 18.1 Å². The average molecular weight is 573 g/mol. The Hall–Kier alpha value is -2.98. The second-order valence-corrected chi connectivity index (χ2v) is 9.02. The number of likely N-dealkylation sites (tertiary alicyclic amines) is 1. The number of aryl methyl sites for hydroxylation is 1. The zero-order valence-electron chi connectivity index (χ0n) is 20.8. The van der Waals surface area contributed by atoms with Gasteiger partial charge in [-0.3, -0.25) is 14.7 Å². The minimum atomic E-state index is -5.08. The summed E-state index contributed by atoms with van der Waals surface area (Å²) in [6.07, 6.45) is -4.42. The molecule has 3 atom stereocenters. The molecular formula is C23H29F6N3O7. The Balaban J connectivity index is 0.000000317. The Kier molecular flexibility index (Phi) is 11.5. The summed E-state index contributed by atoms with van der Waals surface area (Å²) in [5.74, 6) is -5.05. The highest BCUT2D eigenvalue weighted by molar-refractivity contribution is 5.94. The number of carboxylic acid groups (broad SMARTS) is 2. The summed E-state index contributed by atoms with van der Waals surface area (Å²) in [7, 11) is 0. The molecule has 4 rings (SSSR count). The van der Waals surface area contributed by atoms with Crippen molar-refractivity contribution in [2.45, 2.75) is 63.2 Å². The van der Waals surface area contributed by atoms with E-state index >= 15 is 0 Å². The van der Waals surface area contributed by atoms with Gasteiger partial charge < -0.3 is 25.0 Å². The molecule has 0 radical (unpaired) electrons. The third-order valence-electron chi connectivity index (χ3n) is 6.33. The van der Waals surface area contributed by atoms with Crippen molar-refractivity contribution in [1.82, 2.24) is 9.88 Å². The van der Waals surface area contributed by atoms with Gasteiger partial charge in [0.2, 0.25) is 0 Å². The molecule has 1 amide bonds. The monoisotopic (exact) mass is 573 g/mol. The van der Waals surface area contributed by atoms with E-state index in [2.05, 4.69) is 15.2 Å². The molecule has 3 N–H and O–H groups in total. The number of pyridine rings is 1. The van der Waals surface area contributed by atoms with Gasteiger partial charge in [0, 0.05) is 32.0 Å². The van der Waals surface area contributed by atoms with E-state index < -0.39 is 24.3 Å². The van der Waals surface area contributed by atoms with Gasteiger partial charge in [0.25, 0.3) is 5.91 Å². The number of halogens is 6. The summed E-state index contributed by atoms with van der Waals surface area (Å²) in [5, 5.41) is 17.2. The van der Waals surface area contributed by atoms with Gasteiger partial charge in [0.15, 0.2) is 0 Å². The van der Waals surface area contributed by atoms with Gasteiger partial charge in [0.1, 0.15) is 6.10 Å². The summed E-state index contributed by atoms with van der Waals surface area (Å²) in [5.41, 5.74) is 1.60. The van der Waals surface area contributed by atoms with E-state index in [1.807, 2.05) is 19.1 Å². The van der Waals surface area contributed by atoms with E-state index in [1.54, 1.807) is 6.20 Å². The molecule has 0 spiro atoms. The lowest BCUT2D eigenvalue weighted by molar-refractivity contribution is -0.193. The van der Waals surface area contributed by atoms with Gasteiger partial charge in [-0.1, -0.05) is 0 Å². The molecular weight excluding hydrogens is 544 g/mol. The van der Waals surface area contributed by atoms with Crippen LogP contribution in [0.2, 0.25) is 0 Å². The van der Waals surface area contributed by atoms with E-state index in [1.165, 1.54) is 0 Å². The number of piperidine rings is 1. The second-order valence-electron chi connectivity index (χ2n) is 9.02. The number of nitrogens with zero attached hydrogens (tertiary/aromatic N) is 2. The van der Waals surface area contributed by atoms with E-state index in [9.17, 15) is 31.1 Å². The molecule has 0 saturated carbocycles. The van der Waals surface area contributed by atoms with Crippen molar-refractivity contribution in [3.63, 3.8) is 0 Å². The molecule has 1 aromatic rings. The molecule has 220 valence electrons. The predicted molar refractivity (Wildman–Crippen MR) is 122 cm³/mol. The molecule has 3 fully saturated rings. The lowest BCUT2D eigenvalue weighted by Gasteiger charge is -2.40. The largest absolute Gasteiger partial charge is 0.490 e. The highest BCUT2D eigenvalue weighted by Crippen LogP contribution is 2.35. The SMILES string of the molecule is Cc1ncccc1NC(=O)[C@H]1C[C@@H]2CCN(C3CCOCC3)C[C@@H]2O1.O=C(O)C(F)(F)F.O=C(O)C(F)(F)F. The summed E-state index contributed by atoms with van der Waals surface area (Å²) in [4.78, 5) is 37.2. The number of aromatic nitrogens is 1. The normalized spacial score (nSPS) is 23.8. The number of aliphatic carboxylic acids is 2. The molecule has 3 saturated heterocycles. The van der Waals surface area contributed by atoms with Crippen molar-refractivity contribution < 1.29 is 60.4 Å². The molecule has 3 aliphatic rings. The zero-order valence-corrected chi connectivity index (χ0v) is 20.8. The topological polar surface area (TPSA) is 138 Å². The third-order valence-corrected chi connectivity index (χ3v) is 6.33. The number of carboxylic acids is 2. The summed E-state index contributed by atoms with van der Waals surface area (Å²) < 4.78 is 75.1. The number of alkyl halides is 6. The molecule has 16 heteroatoms. The van der Waals surface area contributed by atoms with Gasteiger partial charge in [0.05, 0.1) is 17.5 Å². The van der Waals surface area contributed by atoms with Crippen LogP contribution >= 0.6 is 0 Å². The van der Waals surface area contributed by atoms with Crippen molar-refractivity contribution in [2.75, 3.05) is 31.6 Å². The second kappa shape index (κ2) is 13.9. The van der Waals surface area contributed by atoms with Crippen LogP contribution in [-0.4, -0.2) is 94.8 Å². The van der Waals surface area contributed by atoms with E-state index in [0.717, 1.165) is 63.4 Å². The van der Waals surface area contributed by atoms with Crippen molar-refractivity contribution in [3.8, 4) is 0 Å². The number of hydrogen-bond acceptors (Lipinski definition) is 7. The first-order chi connectivity index (χ1) is 18.1. The van der Waals surface area contributed by atoms with Crippen LogP contribution in [0.5, 0.6) is 0 Å². The van der Waals surface area contributed by atoms with Crippen LogP contribution in [0.25, 0.3) is 0 Å². The highest BCUT2D eigenvalue weighted by Gasteiger charge is 2.43. The van der Waals surface area contributed by atoms with Gasteiger partial charge >= 0.3 is 24.3 Å². The Labute approximate surface area is 219 Å². The number of hydrogen-bond donors (Lipinski definition) is 3. The predicted octanol–water partition coefficient (Wildman–Crippen LogP) is 3.25. The quantitative estimate of drug-likeness (QED) is 0.465. The molecule has 0 unspecified atom stereocenters. The van der Waals surface area contributed by atoms with Crippen LogP contribution in [0.1, 0.15) is 31.4 Å². The summed E-state index contributed by atoms with van der Waals surface area (Å²) in [6, 6.07) is 4.34. The van der Waals surface area contributed by atoms with E-state index in [0.29, 0.717) is 12.0 Å². The van der Waals surface area contributed by atoms with Crippen LogP contribution in [0.3, 0.4) is 0 Å². The van der Waals surface area contributed by atoms with Gasteiger partial charge in [-0.05, 0) is 57.2 Å². The Morgan fingerprint density at radius 1 is 1.03 bits per heavy atom. The van der Waals surface area contributed by atoms with Crippen LogP contribution in [0.15, 0.2) is 18.3 Å². The molecule has 0 aliphatic carbocycles. The Morgan fingerprint density at radius 3 is 2.10 bits per heavy atom. The van der Waals surface area contributed by atoms with Crippen LogP contribution in [0, 0.1) is 12.8 Å². The van der Waals surface area contributed by atoms with Crippen molar-refractivity contribution in [3.05, 3.63) is 24.0 Å². The van der Waals surface area contributed by atoms with Gasteiger partial charge in [-0.15, -0.1) is 0 Å². The Morgan fingerprint density at radius 2 is 1.59 bits per heavy atom.